The molecule has 0 aromatic heterocycles. The fourth-order valence-corrected chi connectivity index (χ4v) is 2.31. The van der Waals surface area contributed by atoms with Crippen molar-refractivity contribution < 1.29 is 9.53 Å². The van der Waals surface area contributed by atoms with Crippen LogP contribution in [0.15, 0.2) is 0 Å². The van der Waals surface area contributed by atoms with Gasteiger partial charge >= 0.3 is 5.97 Å². The fraction of sp³-hybridized carbons (Fsp3) is 0.889. The molecule has 0 amide bonds. The lowest BCUT2D eigenvalue weighted by molar-refractivity contribution is -0.142. The Morgan fingerprint density at radius 3 is 3.00 bits per heavy atom. The van der Waals surface area contributed by atoms with Gasteiger partial charge in [-0.1, -0.05) is 0 Å². The van der Waals surface area contributed by atoms with Crippen LogP contribution in [0, 0.1) is 0 Å². The molecule has 0 bridgehead atoms. The summed E-state index contributed by atoms with van der Waals surface area (Å²) in [5, 5.41) is 0. The van der Waals surface area contributed by atoms with E-state index in [2.05, 4.69) is 4.90 Å². The molecule has 4 heteroatoms. The smallest absolute Gasteiger partial charge is 0.323 e. The molecule has 0 radical (unpaired) electrons. The van der Waals surface area contributed by atoms with Crippen LogP contribution in [0.2, 0.25) is 0 Å². The predicted octanol–water partition coefficient (Wildman–Crippen LogP) is -0.275. The number of likely N-dealkylation sites (tertiary alicyclic amines) is 1. The first-order valence-corrected chi connectivity index (χ1v) is 4.95. The Bertz CT molecular complexity index is 208. The minimum atomic E-state index is -0.0552. The molecule has 0 aliphatic carbocycles. The van der Waals surface area contributed by atoms with E-state index in [1.54, 1.807) is 0 Å². The maximum absolute atomic E-state index is 11.3. The van der Waals surface area contributed by atoms with Crippen LogP contribution in [0.4, 0.5) is 0 Å². The lowest BCUT2D eigenvalue weighted by atomic mass is 10.1. The second kappa shape index (κ2) is 3.64. The zero-order chi connectivity index (χ0) is 9.26. The van der Waals surface area contributed by atoms with Gasteiger partial charge in [0, 0.05) is 19.0 Å². The van der Waals surface area contributed by atoms with E-state index < -0.39 is 0 Å². The summed E-state index contributed by atoms with van der Waals surface area (Å²) in [7, 11) is 0. The highest BCUT2D eigenvalue weighted by Gasteiger charge is 2.37. The Morgan fingerprint density at radius 2 is 2.38 bits per heavy atom. The van der Waals surface area contributed by atoms with Crippen molar-refractivity contribution in [2.24, 2.45) is 5.73 Å². The topological polar surface area (TPSA) is 55.6 Å². The summed E-state index contributed by atoms with van der Waals surface area (Å²) in [6.07, 6.45) is 3.13. The van der Waals surface area contributed by atoms with Crippen LogP contribution >= 0.6 is 0 Å². The second-order valence-corrected chi connectivity index (χ2v) is 3.74. The number of nitrogens with two attached hydrogens (primary N) is 1. The van der Waals surface area contributed by atoms with Gasteiger partial charge in [-0.25, -0.2) is 0 Å². The molecule has 2 unspecified atom stereocenters. The van der Waals surface area contributed by atoms with Crippen molar-refractivity contribution in [1.82, 2.24) is 4.90 Å². The molecule has 2 aliphatic rings. The van der Waals surface area contributed by atoms with Crippen molar-refractivity contribution in [3.8, 4) is 0 Å². The lowest BCUT2D eigenvalue weighted by Gasteiger charge is -2.26. The molecular weight excluding hydrogens is 168 g/mol. The molecule has 2 atom stereocenters. The summed E-state index contributed by atoms with van der Waals surface area (Å²) in [5.41, 5.74) is 5.64. The molecule has 0 aromatic rings. The van der Waals surface area contributed by atoms with Gasteiger partial charge < -0.3 is 10.5 Å². The monoisotopic (exact) mass is 184 g/mol. The van der Waals surface area contributed by atoms with Crippen LogP contribution in [-0.2, 0) is 9.53 Å². The summed E-state index contributed by atoms with van der Waals surface area (Å²) in [4.78, 5) is 13.5. The molecule has 13 heavy (non-hydrogen) atoms. The van der Waals surface area contributed by atoms with E-state index in [1.165, 1.54) is 0 Å². The van der Waals surface area contributed by atoms with Crippen molar-refractivity contribution in [2.75, 3.05) is 19.7 Å². The molecule has 2 fully saturated rings. The summed E-state index contributed by atoms with van der Waals surface area (Å²) in [6, 6.07) is 0.395. The number of esters is 1. The largest absolute Gasteiger partial charge is 0.464 e. The third kappa shape index (κ3) is 1.56. The number of ether oxygens (including phenoxy) is 1. The van der Waals surface area contributed by atoms with Gasteiger partial charge in [0.1, 0.15) is 6.04 Å². The Kier molecular flexibility index (Phi) is 2.51. The van der Waals surface area contributed by atoms with Crippen LogP contribution in [0.25, 0.3) is 0 Å². The molecule has 0 spiro atoms. The van der Waals surface area contributed by atoms with Gasteiger partial charge in [0.2, 0.25) is 0 Å². The van der Waals surface area contributed by atoms with Crippen molar-refractivity contribution in [3.63, 3.8) is 0 Å². The summed E-state index contributed by atoms with van der Waals surface area (Å²) in [5.74, 6) is -0.0552. The average Bonchev–Trinajstić information content (AvgIpc) is 2.71. The van der Waals surface area contributed by atoms with E-state index in [9.17, 15) is 4.79 Å². The number of carbonyl (C=O) groups is 1. The number of hydrogen-bond donors (Lipinski definition) is 1. The Hall–Kier alpha value is -0.610. The van der Waals surface area contributed by atoms with E-state index in [0.29, 0.717) is 19.2 Å². The lowest BCUT2D eigenvalue weighted by Crippen LogP contribution is -2.44. The molecule has 2 heterocycles. The zero-order valence-electron chi connectivity index (χ0n) is 7.74. The van der Waals surface area contributed by atoms with E-state index in [-0.39, 0.29) is 12.0 Å². The van der Waals surface area contributed by atoms with E-state index >= 15 is 0 Å². The molecule has 74 valence electrons. The highest BCUT2D eigenvalue weighted by Crippen LogP contribution is 2.24. The maximum atomic E-state index is 11.3. The summed E-state index contributed by atoms with van der Waals surface area (Å²) >= 11 is 0. The first kappa shape index (κ1) is 8.97. The van der Waals surface area contributed by atoms with Gasteiger partial charge in [0.05, 0.1) is 6.61 Å². The Labute approximate surface area is 78.0 Å². The van der Waals surface area contributed by atoms with Crippen molar-refractivity contribution in [2.45, 2.75) is 31.3 Å². The van der Waals surface area contributed by atoms with E-state index in [1.807, 2.05) is 0 Å². The van der Waals surface area contributed by atoms with Gasteiger partial charge in [0.15, 0.2) is 0 Å². The summed E-state index contributed by atoms with van der Waals surface area (Å²) < 4.78 is 4.95. The second-order valence-electron chi connectivity index (χ2n) is 3.74. The average molecular weight is 184 g/mol. The first-order valence-electron chi connectivity index (χ1n) is 4.95. The SMILES string of the molecule is NCC1CCCN1C1CCOC1=O. The predicted molar refractivity (Wildman–Crippen MR) is 48.1 cm³/mol. The molecular formula is C9H16N2O2. The number of hydrogen-bond acceptors (Lipinski definition) is 4. The van der Waals surface area contributed by atoms with Crippen LogP contribution in [-0.4, -0.2) is 42.6 Å². The van der Waals surface area contributed by atoms with Crippen molar-refractivity contribution in [3.05, 3.63) is 0 Å². The molecule has 2 aliphatic heterocycles. The van der Waals surface area contributed by atoms with Gasteiger partial charge in [-0.3, -0.25) is 9.69 Å². The maximum Gasteiger partial charge on any atom is 0.323 e. The van der Waals surface area contributed by atoms with Gasteiger partial charge in [-0.05, 0) is 19.4 Å². The van der Waals surface area contributed by atoms with Crippen molar-refractivity contribution >= 4 is 5.97 Å². The highest BCUT2D eigenvalue weighted by atomic mass is 16.5. The van der Waals surface area contributed by atoms with Crippen LogP contribution in [0.3, 0.4) is 0 Å². The zero-order valence-corrected chi connectivity index (χ0v) is 7.74. The molecule has 2 N–H and O–H groups in total. The van der Waals surface area contributed by atoms with Gasteiger partial charge in [-0.15, -0.1) is 0 Å². The van der Waals surface area contributed by atoms with Gasteiger partial charge in [0.25, 0.3) is 0 Å². The molecule has 2 rings (SSSR count). The summed E-state index contributed by atoms with van der Waals surface area (Å²) in [6.45, 7) is 2.24. The number of carbonyl (C=O) groups excluding carboxylic acids is 1. The third-order valence-electron chi connectivity index (χ3n) is 3.00. The quantitative estimate of drug-likeness (QED) is 0.600. The fourth-order valence-electron chi connectivity index (χ4n) is 2.31. The minimum Gasteiger partial charge on any atom is -0.464 e. The normalized spacial score (nSPS) is 35.3. The van der Waals surface area contributed by atoms with Gasteiger partial charge in [-0.2, -0.15) is 0 Å². The Balaban J connectivity index is 2.02. The third-order valence-corrected chi connectivity index (χ3v) is 3.00. The number of nitrogens with zero attached hydrogens (tertiary/aromatic N) is 1. The van der Waals surface area contributed by atoms with Crippen molar-refractivity contribution in [1.29, 1.82) is 0 Å². The van der Waals surface area contributed by atoms with E-state index in [0.717, 1.165) is 25.8 Å². The number of rotatable bonds is 2. The number of cyclic esters (lactones) is 1. The standard InChI is InChI=1S/C9H16N2O2/c10-6-7-2-1-4-11(7)8-3-5-13-9(8)12/h7-8H,1-6,10H2. The molecule has 0 saturated carbocycles. The first-order chi connectivity index (χ1) is 6.33. The van der Waals surface area contributed by atoms with E-state index in [4.69, 9.17) is 10.5 Å². The van der Waals surface area contributed by atoms with Crippen LogP contribution < -0.4 is 5.73 Å². The molecule has 4 nitrogen and oxygen atoms in total. The highest BCUT2D eigenvalue weighted by molar-refractivity contribution is 5.77. The van der Waals surface area contributed by atoms with Crippen LogP contribution in [0.5, 0.6) is 0 Å². The van der Waals surface area contributed by atoms with Crippen LogP contribution in [0.1, 0.15) is 19.3 Å². The Morgan fingerprint density at radius 1 is 1.54 bits per heavy atom. The minimum absolute atomic E-state index is 0.00366. The molecule has 2 saturated heterocycles. The molecule has 0 aromatic carbocycles.